The molecule has 2 aromatic rings. The Labute approximate surface area is 133 Å². The summed E-state index contributed by atoms with van der Waals surface area (Å²) in [7, 11) is 0. The lowest BCUT2D eigenvalue weighted by molar-refractivity contribution is 0.512. The van der Waals surface area contributed by atoms with E-state index in [1.807, 2.05) is 30.3 Å². The molecule has 0 heterocycles. The lowest BCUT2D eigenvalue weighted by atomic mass is 9.78. The topological polar surface area (TPSA) is 0 Å². The maximum Gasteiger partial charge on any atom is 0.145 e. The summed E-state index contributed by atoms with van der Waals surface area (Å²) in [6.45, 7) is 0. The van der Waals surface area contributed by atoms with Crippen molar-refractivity contribution >= 4 is 34.8 Å². The standard InChI is InChI=1S/C16H14Cl3F/c17-10-16(11-18,13-6-2-1-3-7-13)9-12-5-4-8-14(19)15(12)20/h1-8H,9-11H2. The van der Waals surface area contributed by atoms with Gasteiger partial charge in [0.15, 0.2) is 0 Å². The molecule has 0 saturated carbocycles. The maximum absolute atomic E-state index is 14.1. The van der Waals surface area contributed by atoms with Crippen LogP contribution in [0.15, 0.2) is 48.5 Å². The van der Waals surface area contributed by atoms with Gasteiger partial charge < -0.3 is 0 Å². The minimum absolute atomic E-state index is 0.119. The normalized spacial score (nSPS) is 11.6. The number of hydrogen-bond acceptors (Lipinski definition) is 0. The first kappa shape index (κ1) is 15.6. The molecule has 0 aliphatic carbocycles. The van der Waals surface area contributed by atoms with Crippen molar-refractivity contribution in [3.8, 4) is 0 Å². The smallest absolute Gasteiger partial charge is 0.145 e. The summed E-state index contributed by atoms with van der Waals surface area (Å²) >= 11 is 18.2. The Bertz CT molecular complexity index is 565. The third-order valence-electron chi connectivity index (χ3n) is 3.46. The lowest BCUT2D eigenvalue weighted by Crippen LogP contribution is -2.33. The van der Waals surface area contributed by atoms with E-state index in [-0.39, 0.29) is 5.02 Å². The Morgan fingerprint density at radius 3 is 2.15 bits per heavy atom. The quantitative estimate of drug-likeness (QED) is 0.640. The minimum Gasteiger partial charge on any atom is -0.205 e. The highest BCUT2D eigenvalue weighted by atomic mass is 35.5. The van der Waals surface area contributed by atoms with Crippen LogP contribution in [0, 0.1) is 5.82 Å². The highest BCUT2D eigenvalue weighted by Crippen LogP contribution is 2.33. The Morgan fingerprint density at radius 2 is 1.55 bits per heavy atom. The van der Waals surface area contributed by atoms with Crippen molar-refractivity contribution in [3.05, 3.63) is 70.5 Å². The van der Waals surface area contributed by atoms with E-state index in [1.54, 1.807) is 12.1 Å². The second-order valence-corrected chi connectivity index (χ2v) is 5.75. The molecule has 0 aliphatic rings. The van der Waals surface area contributed by atoms with Gasteiger partial charge in [-0.15, -0.1) is 23.2 Å². The largest absolute Gasteiger partial charge is 0.205 e. The molecule has 0 fully saturated rings. The van der Waals surface area contributed by atoms with Crippen molar-refractivity contribution in [1.29, 1.82) is 0 Å². The monoisotopic (exact) mass is 330 g/mol. The van der Waals surface area contributed by atoms with Gasteiger partial charge in [0.2, 0.25) is 0 Å². The molecule has 0 aromatic heterocycles. The SMILES string of the molecule is Fc1c(Cl)cccc1CC(CCl)(CCl)c1ccccc1. The predicted octanol–water partition coefficient (Wildman–Crippen LogP) is 5.44. The zero-order valence-electron chi connectivity index (χ0n) is 10.8. The second kappa shape index (κ2) is 6.80. The molecule has 2 rings (SSSR count). The van der Waals surface area contributed by atoms with Gasteiger partial charge >= 0.3 is 0 Å². The lowest BCUT2D eigenvalue weighted by Gasteiger charge is -2.30. The van der Waals surface area contributed by atoms with Gasteiger partial charge in [-0.3, -0.25) is 0 Å². The van der Waals surface area contributed by atoms with Crippen LogP contribution in [0.5, 0.6) is 0 Å². The molecular weight excluding hydrogens is 318 g/mol. The molecule has 0 amide bonds. The van der Waals surface area contributed by atoms with E-state index in [0.29, 0.717) is 23.7 Å². The van der Waals surface area contributed by atoms with Gasteiger partial charge in [0.1, 0.15) is 5.82 Å². The number of halogens is 4. The van der Waals surface area contributed by atoms with Crippen LogP contribution < -0.4 is 0 Å². The van der Waals surface area contributed by atoms with E-state index in [0.717, 1.165) is 5.56 Å². The van der Waals surface area contributed by atoms with E-state index < -0.39 is 11.2 Å². The summed E-state index contributed by atoms with van der Waals surface area (Å²) in [4.78, 5) is 0. The van der Waals surface area contributed by atoms with Gasteiger partial charge in [0.25, 0.3) is 0 Å². The van der Waals surface area contributed by atoms with Crippen molar-refractivity contribution < 1.29 is 4.39 Å². The van der Waals surface area contributed by atoms with Gasteiger partial charge in [0, 0.05) is 17.2 Å². The van der Waals surface area contributed by atoms with Crippen LogP contribution in [-0.4, -0.2) is 11.8 Å². The highest BCUT2D eigenvalue weighted by Gasteiger charge is 2.32. The molecule has 0 atom stereocenters. The number of benzene rings is 2. The van der Waals surface area contributed by atoms with Crippen LogP contribution in [-0.2, 0) is 11.8 Å². The van der Waals surface area contributed by atoms with Crippen LogP contribution in [0.4, 0.5) is 4.39 Å². The summed E-state index contributed by atoms with van der Waals surface area (Å²) in [6.07, 6.45) is 0.413. The molecule has 20 heavy (non-hydrogen) atoms. The van der Waals surface area contributed by atoms with Crippen molar-refractivity contribution in [2.75, 3.05) is 11.8 Å². The fraction of sp³-hybridized carbons (Fsp3) is 0.250. The van der Waals surface area contributed by atoms with Crippen LogP contribution >= 0.6 is 34.8 Å². The Morgan fingerprint density at radius 1 is 0.900 bits per heavy atom. The zero-order chi connectivity index (χ0) is 14.6. The first-order chi connectivity index (χ1) is 9.63. The van der Waals surface area contributed by atoms with Gasteiger partial charge in [-0.1, -0.05) is 54.1 Å². The summed E-state index contributed by atoms with van der Waals surface area (Å²) in [5, 5.41) is 0.119. The molecule has 0 saturated heterocycles. The third-order valence-corrected chi connectivity index (χ3v) is 4.77. The van der Waals surface area contributed by atoms with Crippen LogP contribution in [0.1, 0.15) is 11.1 Å². The third kappa shape index (κ3) is 3.11. The summed E-state index contributed by atoms with van der Waals surface area (Å²) in [6, 6.07) is 14.7. The second-order valence-electron chi connectivity index (χ2n) is 4.80. The van der Waals surface area contributed by atoms with Crippen molar-refractivity contribution in [2.45, 2.75) is 11.8 Å². The van der Waals surface area contributed by atoms with E-state index in [2.05, 4.69) is 0 Å². The first-order valence-electron chi connectivity index (χ1n) is 6.23. The average molecular weight is 332 g/mol. The van der Waals surface area contributed by atoms with Gasteiger partial charge in [0.05, 0.1) is 5.02 Å². The molecule has 4 heteroatoms. The van der Waals surface area contributed by atoms with E-state index >= 15 is 0 Å². The number of alkyl halides is 2. The van der Waals surface area contributed by atoms with E-state index in [9.17, 15) is 4.39 Å². The van der Waals surface area contributed by atoms with Crippen LogP contribution in [0.3, 0.4) is 0 Å². The molecular formula is C16H14Cl3F. The number of rotatable bonds is 5. The van der Waals surface area contributed by atoms with Gasteiger partial charge in [-0.05, 0) is 23.6 Å². The number of hydrogen-bond donors (Lipinski definition) is 0. The van der Waals surface area contributed by atoms with Crippen LogP contribution in [0.25, 0.3) is 0 Å². The summed E-state index contributed by atoms with van der Waals surface area (Å²) in [5.41, 5.74) is 1.03. The summed E-state index contributed by atoms with van der Waals surface area (Å²) in [5.74, 6) is 0.226. The molecule has 0 spiro atoms. The van der Waals surface area contributed by atoms with Gasteiger partial charge in [-0.2, -0.15) is 0 Å². The Kier molecular flexibility index (Phi) is 5.31. The van der Waals surface area contributed by atoms with Crippen LogP contribution in [0.2, 0.25) is 5.02 Å². The maximum atomic E-state index is 14.1. The van der Waals surface area contributed by atoms with E-state index in [4.69, 9.17) is 34.8 Å². The Balaban J connectivity index is 2.42. The van der Waals surface area contributed by atoms with Crippen molar-refractivity contribution in [2.24, 2.45) is 0 Å². The Hall–Kier alpha value is -0.760. The fourth-order valence-corrected chi connectivity index (χ4v) is 3.21. The predicted molar refractivity (Wildman–Crippen MR) is 84.7 cm³/mol. The molecule has 0 aliphatic heterocycles. The average Bonchev–Trinajstić information content (AvgIpc) is 2.50. The summed E-state index contributed by atoms with van der Waals surface area (Å²) < 4.78 is 14.1. The highest BCUT2D eigenvalue weighted by molar-refractivity contribution is 6.30. The molecule has 0 unspecified atom stereocenters. The first-order valence-corrected chi connectivity index (χ1v) is 7.68. The molecule has 2 aromatic carbocycles. The molecule has 106 valence electrons. The minimum atomic E-state index is -0.504. The van der Waals surface area contributed by atoms with Crippen molar-refractivity contribution in [3.63, 3.8) is 0 Å². The zero-order valence-corrected chi connectivity index (χ0v) is 13.0. The molecule has 0 N–H and O–H groups in total. The molecule has 0 radical (unpaired) electrons. The fourth-order valence-electron chi connectivity index (χ4n) is 2.23. The van der Waals surface area contributed by atoms with Gasteiger partial charge in [-0.25, -0.2) is 4.39 Å². The van der Waals surface area contributed by atoms with E-state index in [1.165, 1.54) is 6.07 Å². The molecule has 0 bridgehead atoms. The molecule has 0 nitrogen and oxygen atoms in total. The van der Waals surface area contributed by atoms with Crippen molar-refractivity contribution in [1.82, 2.24) is 0 Å².